The molecule has 0 N–H and O–H groups in total. The first kappa shape index (κ1) is 18.3. The number of benzene rings is 3. The van der Waals surface area contributed by atoms with E-state index in [0.29, 0.717) is 17.0 Å². The number of fused-ring (bicyclic) bond motifs is 3. The van der Waals surface area contributed by atoms with E-state index in [1.165, 1.54) is 0 Å². The van der Waals surface area contributed by atoms with E-state index in [9.17, 15) is 4.79 Å². The van der Waals surface area contributed by atoms with Crippen molar-refractivity contribution in [2.75, 3.05) is 0 Å². The van der Waals surface area contributed by atoms with E-state index in [1.807, 2.05) is 84.9 Å². The summed E-state index contributed by atoms with van der Waals surface area (Å²) in [6.07, 6.45) is 0.850. The molecular formula is C28H17N3O. The Morgan fingerprint density at radius 3 is 1.78 bits per heavy atom. The quantitative estimate of drug-likeness (QED) is 0.313. The number of carbonyl (C=O) groups excluding carboxylic acids is 1. The minimum atomic E-state index is 0.508. The number of hydrogen-bond acceptors (Lipinski definition) is 4. The van der Waals surface area contributed by atoms with Gasteiger partial charge in [-0.05, 0) is 36.4 Å². The van der Waals surface area contributed by atoms with Gasteiger partial charge in [-0.3, -0.25) is 4.79 Å². The molecule has 6 aromatic rings. The van der Waals surface area contributed by atoms with Gasteiger partial charge in [0.05, 0.1) is 27.9 Å². The molecule has 6 rings (SSSR count). The second-order valence-electron chi connectivity index (χ2n) is 7.70. The van der Waals surface area contributed by atoms with Gasteiger partial charge in [0.1, 0.15) is 5.69 Å². The van der Waals surface area contributed by atoms with Gasteiger partial charge in [-0.2, -0.15) is 0 Å². The monoisotopic (exact) mass is 411 g/mol. The first-order valence-corrected chi connectivity index (χ1v) is 10.4. The molecule has 0 saturated carbocycles. The second-order valence-corrected chi connectivity index (χ2v) is 7.70. The second kappa shape index (κ2) is 7.36. The maximum absolute atomic E-state index is 12.0. The van der Waals surface area contributed by atoms with Crippen molar-refractivity contribution < 1.29 is 4.79 Å². The highest BCUT2D eigenvalue weighted by Crippen LogP contribution is 2.34. The fourth-order valence-electron chi connectivity index (χ4n) is 4.12. The number of aldehydes is 1. The third-order valence-corrected chi connectivity index (χ3v) is 5.70. The van der Waals surface area contributed by atoms with Crippen molar-refractivity contribution in [3.63, 3.8) is 0 Å². The van der Waals surface area contributed by atoms with Crippen molar-refractivity contribution >= 4 is 39.0 Å². The molecule has 4 nitrogen and oxygen atoms in total. The average molecular weight is 411 g/mol. The first-order chi connectivity index (χ1) is 15.8. The molecule has 0 aliphatic heterocycles. The summed E-state index contributed by atoms with van der Waals surface area (Å²) in [7, 11) is 0. The molecule has 3 aromatic heterocycles. The van der Waals surface area contributed by atoms with Gasteiger partial charge in [-0.15, -0.1) is 0 Å². The maximum Gasteiger partial charge on any atom is 0.152 e. The molecule has 0 unspecified atom stereocenters. The number of hydrogen-bond donors (Lipinski definition) is 0. The summed E-state index contributed by atoms with van der Waals surface area (Å²) >= 11 is 0. The van der Waals surface area contributed by atoms with Gasteiger partial charge in [-0.25, -0.2) is 15.0 Å². The number of rotatable bonds is 3. The highest BCUT2D eigenvalue weighted by molar-refractivity contribution is 5.98. The maximum atomic E-state index is 12.0. The molecule has 4 heteroatoms. The summed E-state index contributed by atoms with van der Waals surface area (Å²) < 4.78 is 0. The first-order valence-electron chi connectivity index (χ1n) is 10.4. The molecule has 150 valence electrons. The lowest BCUT2D eigenvalue weighted by Gasteiger charge is -2.13. The predicted molar refractivity (Wildman–Crippen MR) is 129 cm³/mol. The third kappa shape index (κ3) is 3.01. The summed E-state index contributed by atoms with van der Waals surface area (Å²) in [5.74, 6) is 0. The third-order valence-electron chi connectivity index (χ3n) is 5.70. The van der Waals surface area contributed by atoms with Gasteiger partial charge in [-0.1, -0.05) is 60.7 Å². The largest absolute Gasteiger partial charge is 0.298 e. The van der Waals surface area contributed by atoms with E-state index >= 15 is 0 Å². The normalized spacial score (nSPS) is 11.2. The zero-order valence-electron chi connectivity index (χ0n) is 17.1. The van der Waals surface area contributed by atoms with Crippen LogP contribution < -0.4 is 0 Å². The Hall–Kier alpha value is -4.44. The molecule has 0 spiro atoms. The van der Waals surface area contributed by atoms with Crippen LogP contribution in [0.2, 0.25) is 0 Å². The van der Waals surface area contributed by atoms with Crippen LogP contribution in [0.1, 0.15) is 10.4 Å². The lowest BCUT2D eigenvalue weighted by molar-refractivity contribution is 0.112. The van der Waals surface area contributed by atoms with Crippen molar-refractivity contribution in [3.05, 3.63) is 103 Å². The van der Waals surface area contributed by atoms with Crippen LogP contribution in [-0.2, 0) is 0 Å². The topological polar surface area (TPSA) is 55.7 Å². The summed E-state index contributed by atoms with van der Waals surface area (Å²) in [6.45, 7) is 0. The van der Waals surface area contributed by atoms with Crippen LogP contribution in [0.15, 0.2) is 97.1 Å². The van der Waals surface area contributed by atoms with E-state index in [-0.39, 0.29) is 0 Å². The Balaban J connectivity index is 1.69. The summed E-state index contributed by atoms with van der Waals surface area (Å²) in [4.78, 5) is 26.8. The average Bonchev–Trinajstić information content (AvgIpc) is 2.86. The highest BCUT2D eigenvalue weighted by atomic mass is 16.1. The zero-order chi connectivity index (χ0) is 21.5. The molecule has 0 bridgehead atoms. The fourth-order valence-corrected chi connectivity index (χ4v) is 4.12. The van der Waals surface area contributed by atoms with Crippen molar-refractivity contribution in [2.45, 2.75) is 0 Å². The molecule has 0 aliphatic rings. The number of nitrogens with zero attached hydrogens (tertiary/aromatic N) is 3. The Kier molecular flexibility index (Phi) is 4.22. The van der Waals surface area contributed by atoms with Gasteiger partial charge in [0, 0.05) is 27.3 Å². The van der Waals surface area contributed by atoms with E-state index in [2.05, 4.69) is 12.1 Å². The molecule has 0 fully saturated rings. The van der Waals surface area contributed by atoms with Gasteiger partial charge in [0.15, 0.2) is 6.29 Å². The van der Waals surface area contributed by atoms with Gasteiger partial charge in [0.2, 0.25) is 0 Å². The van der Waals surface area contributed by atoms with E-state index in [1.54, 1.807) is 0 Å². The Morgan fingerprint density at radius 2 is 1.09 bits per heavy atom. The molecule has 32 heavy (non-hydrogen) atoms. The molecule has 0 amide bonds. The molecule has 3 heterocycles. The van der Waals surface area contributed by atoms with Crippen molar-refractivity contribution in [2.24, 2.45) is 0 Å². The molecule has 0 aliphatic carbocycles. The Bertz CT molecular complexity index is 1660. The van der Waals surface area contributed by atoms with Crippen LogP contribution >= 0.6 is 0 Å². The van der Waals surface area contributed by atoms with Crippen molar-refractivity contribution in [1.29, 1.82) is 0 Å². The SMILES string of the molecule is O=Cc1cc2ccccc2nc1-c1nc2ccccc2cc1-c1ccc2ccccc2n1. The van der Waals surface area contributed by atoms with Gasteiger partial charge in [0.25, 0.3) is 0 Å². The van der Waals surface area contributed by atoms with E-state index in [0.717, 1.165) is 50.3 Å². The lowest BCUT2D eigenvalue weighted by atomic mass is 9.99. The van der Waals surface area contributed by atoms with Crippen molar-refractivity contribution in [3.8, 4) is 22.6 Å². The smallest absolute Gasteiger partial charge is 0.152 e. The van der Waals surface area contributed by atoms with Crippen LogP contribution in [-0.4, -0.2) is 21.2 Å². The molecular weight excluding hydrogens is 394 g/mol. The summed E-state index contributed by atoms with van der Waals surface area (Å²) in [6, 6.07) is 31.8. The van der Waals surface area contributed by atoms with Crippen molar-refractivity contribution in [1.82, 2.24) is 15.0 Å². The van der Waals surface area contributed by atoms with E-state index < -0.39 is 0 Å². The fraction of sp³-hybridized carbons (Fsp3) is 0. The molecule has 0 radical (unpaired) electrons. The lowest BCUT2D eigenvalue weighted by Crippen LogP contribution is -1.99. The van der Waals surface area contributed by atoms with Crippen LogP contribution in [0.5, 0.6) is 0 Å². The van der Waals surface area contributed by atoms with Gasteiger partial charge >= 0.3 is 0 Å². The standard InChI is InChI=1S/C28H17N3O/c32-17-21-15-19-8-2-5-11-24(19)30-27(21)28-22(16-20-9-3-6-12-25(20)31-28)26-14-13-18-7-1-4-10-23(18)29-26/h1-17H. The van der Waals surface area contributed by atoms with Gasteiger partial charge < -0.3 is 0 Å². The van der Waals surface area contributed by atoms with Crippen LogP contribution in [0, 0.1) is 0 Å². The minimum Gasteiger partial charge on any atom is -0.298 e. The van der Waals surface area contributed by atoms with E-state index in [4.69, 9.17) is 15.0 Å². The summed E-state index contributed by atoms with van der Waals surface area (Å²) in [5.41, 5.74) is 5.94. The number of pyridine rings is 3. The summed E-state index contributed by atoms with van der Waals surface area (Å²) in [5, 5.41) is 3.00. The van der Waals surface area contributed by atoms with Crippen LogP contribution in [0.4, 0.5) is 0 Å². The predicted octanol–water partition coefficient (Wildman–Crippen LogP) is 6.48. The number of para-hydroxylation sites is 3. The number of aromatic nitrogens is 3. The van der Waals surface area contributed by atoms with Crippen LogP contribution in [0.25, 0.3) is 55.4 Å². The Morgan fingerprint density at radius 1 is 0.531 bits per heavy atom. The molecule has 0 saturated heterocycles. The Labute approximate surface area is 184 Å². The zero-order valence-corrected chi connectivity index (χ0v) is 17.1. The highest BCUT2D eigenvalue weighted by Gasteiger charge is 2.18. The minimum absolute atomic E-state index is 0.508. The molecule has 0 atom stereocenters. The number of carbonyl (C=O) groups is 1. The van der Waals surface area contributed by atoms with Crippen LogP contribution in [0.3, 0.4) is 0 Å². The molecule has 3 aromatic carbocycles.